The molecule has 15 heavy (non-hydrogen) atoms. The number of nitrogens with zero attached hydrogens (tertiary/aromatic N) is 2. The molecule has 1 aliphatic rings. The molecule has 1 saturated heterocycles. The second kappa shape index (κ2) is 3.86. The number of amides is 1. The zero-order valence-corrected chi connectivity index (χ0v) is 8.26. The van der Waals surface area contributed by atoms with Crippen LogP contribution in [0, 0.1) is 0 Å². The van der Waals surface area contributed by atoms with E-state index < -0.39 is 6.10 Å². The highest BCUT2D eigenvalue weighted by atomic mass is 16.3. The third-order valence-electron chi connectivity index (χ3n) is 2.53. The summed E-state index contributed by atoms with van der Waals surface area (Å²) in [5.41, 5.74) is 6.49. The number of aromatic nitrogens is 1. The van der Waals surface area contributed by atoms with Gasteiger partial charge in [-0.1, -0.05) is 0 Å². The van der Waals surface area contributed by atoms with E-state index in [0.717, 1.165) is 0 Å². The lowest BCUT2D eigenvalue weighted by atomic mass is 10.2. The second-order valence-corrected chi connectivity index (χ2v) is 3.66. The molecule has 5 nitrogen and oxygen atoms in total. The number of hydrogen-bond donors (Lipinski definition) is 2. The molecule has 0 spiro atoms. The zero-order chi connectivity index (χ0) is 10.8. The Kier molecular flexibility index (Phi) is 2.55. The van der Waals surface area contributed by atoms with Crippen LogP contribution in [0.5, 0.6) is 0 Å². The Morgan fingerprint density at radius 3 is 3.07 bits per heavy atom. The number of nitrogen functional groups attached to an aromatic ring is 1. The van der Waals surface area contributed by atoms with Crippen LogP contribution in [0.1, 0.15) is 16.8 Å². The summed E-state index contributed by atoms with van der Waals surface area (Å²) < 4.78 is 0. The summed E-state index contributed by atoms with van der Waals surface area (Å²) in [5, 5.41) is 9.33. The predicted octanol–water partition coefficient (Wildman–Crippen LogP) is -0.129. The summed E-state index contributed by atoms with van der Waals surface area (Å²) in [6, 6.07) is 1.60. The fourth-order valence-corrected chi connectivity index (χ4v) is 1.70. The van der Waals surface area contributed by atoms with E-state index >= 15 is 0 Å². The van der Waals surface area contributed by atoms with Gasteiger partial charge in [0.15, 0.2) is 0 Å². The summed E-state index contributed by atoms with van der Waals surface area (Å²) in [6.45, 7) is 0.975. The van der Waals surface area contributed by atoms with Crippen LogP contribution in [0.25, 0.3) is 0 Å². The average Bonchev–Trinajstić information content (AvgIpc) is 2.65. The van der Waals surface area contributed by atoms with Crippen LogP contribution in [-0.4, -0.2) is 40.1 Å². The lowest BCUT2D eigenvalue weighted by molar-refractivity contribution is 0.0766. The van der Waals surface area contributed by atoms with Crippen LogP contribution < -0.4 is 5.73 Å². The summed E-state index contributed by atoms with van der Waals surface area (Å²) in [6.07, 6.45) is 3.23. The largest absolute Gasteiger partial charge is 0.397 e. The number of β-amino-alcohol motifs (C(OH)–C–C–N with tert-alkyl or cyclic N) is 1. The van der Waals surface area contributed by atoms with Gasteiger partial charge in [-0.25, -0.2) is 0 Å². The number of likely N-dealkylation sites (tertiary alicyclic amines) is 1. The number of carbonyl (C=O) groups excluding carboxylic acids is 1. The van der Waals surface area contributed by atoms with Gasteiger partial charge in [0.05, 0.1) is 23.6 Å². The molecule has 1 fully saturated rings. The maximum absolute atomic E-state index is 11.9. The number of rotatable bonds is 1. The minimum Gasteiger partial charge on any atom is -0.397 e. The molecule has 1 amide bonds. The summed E-state index contributed by atoms with van der Waals surface area (Å²) >= 11 is 0. The summed E-state index contributed by atoms with van der Waals surface area (Å²) in [7, 11) is 0. The Bertz CT molecular complexity index is 381. The fourth-order valence-electron chi connectivity index (χ4n) is 1.70. The zero-order valence-electron chi connectivity index (χ0n) is 8.26. The molecule has 1 unspecified atom stereocenters. The van der Waals surface area contributed by atoms with Gasteiger partial charge in [-0.2, -0.15) is 0 Å². The van der Waals surface area contributed by atoms with Crippen LogP contribution >= 0.6 is 0 Å². The van der Waals surface area contributed by atoms with E-state index in [2.05, 4.69) is 4.98 Å². The van der Waals surface area contributed by atoms with E-state index in [1.165, 1.54) is 12.4 Å². The molecule has 2 rings (SSSR count). The first-order chi connectivity index (χ1) is 7.18. The van der Waals surface area contributed by atoms with Crippen molar-refractivity contribution < 1.29 is 9.90 Å². The number of hydrogen-bond acceptors (Lipinski definition) is 4. The minimum absolute atomic E-state index is 0.133. The van der Waals surface area contributed by atoms with Gasteiger partial charge in [0.1, 0.15) is 0 Å². The van der Waals surface area contributed by atoms with Crippen molar-refractivity contribution in [3.05, 3.63) is 24.0 Å². The lowest BCUT2D eigenvalue weighted by Crippen LogP contribution is -2.30. The summed E-state index contributed by atoms with van der Waals surface area (Å²) in [5.74, 6) is -0.133. The Hall–Kier alpha value is -1.62. The van der Waals surface area contributed by atoms with Crippen LogP contribution in [0.15, 0.2) is 18.5 Å². The molecule has 2 heterocycles. The number of aliphatic hydroxyl groups is 1. The van der Waals surface area contributed by atoms with Gasteiger partial charge < -0.3 is 15.7 Å². The molecule has 80 valence electrons. The van der Waals surface area contributed by atoms with Crippen molar-refractivity contribution in [1.82, 2.24) is 9.88 Å². The molecular weight excluding hydrogens is 194 g/mol. The normalized spacial score (nSPS) is 20.6. The van der Waals surface area contributed by atoms with Crippen molar-refractivity contribution in [1.29, 1.82) is 0 Å². The maximum Gasteiger partial charge on any atom is 0.256 e. The average molecular weight is 207 g/mol. The molecule has 0 bridgehead atoms. The third-order valence-corrected chi connectivity index (χ3v) is 2.53. The van der Waals surface area contributed by atoms with Crippen molar-refractivity contribution >= 4 is 11.6 Å². The van der Waals surface area contributed by atoms with E-state index in [4.69, 9.17) is 5.73 Å². The first kappa shape index (κ1) is 9.92. The number of nitrogens with two attached hydrogens (primary N) is 1. The molecular formula is C10H13N3O2. The van der Waals surface area contributed by atoms with Crippen LogP contribution in [0.2, 0.25) is 0 Å². The monoisotopic (exact) mass is 207 g/mol. The highest BCUT2D eigenvalue weighted by Crippen LogP contribution is 2.16. The SMILES string of the molecule is Nc1cnccc1C(=O)N1CCC(O)C1. The standard InChI is InChI=1S/C10H13N3O2/c11-9-5-12-3-1-8(9)10(15)13-4-2-7(14)6-13/h1,3,5,7,14H,2,4,6,11H2. The summed E-state index contributed by atoms with van der Waals surface area (Å²) in [4.78, 5) is 17.4. The first-order valence-electron chi connectivity index (χ1n) is 4.85. The molecule has 3 N–H and O–H groups in total. The van der Waals surface area contributed by atoms with Crippen molar-refractivity contribution in [2.24, 2.45) is 0 Å². The van der Waals surface area contributed by atoms with Crippen LogP contribution in [0.4, 0.5) is 5.69 Å². The van der Waals surface area contributed by atoms with Crippen molar-refractivity contribution in [3.63, 3.8) is 0 Å². The van der Waals surface area contributed by atoms with Crippen LogP contribution in [0.3, 0.4) is 0 Å². The molecule has 1 aliphatic heterocycles. The van der Waals surface area contributed by atoms with E-state index in [-0.39, 0.29) is 5.91 Å². The van der Waals surface area contributed by atoms with Gasteiger partial charge in [-0.15, -0.1) is 0 Å². The lowest BCUT2D eigenvalue weighted by Gasteiger charge is -2.16. The topological polar surface area (TPSA) is 79.5 Å². The van der Waals surface area contributed by atoms with Gasteiger partial charge in [0.25, 0.3) is 5.91 Å². The molecule has 0 saturated carbocycles. The molecule has 1 aromatic heterocycles. The Morgan fingerprint density at radius 1 is 1.67 bits per heavy atom. The van der Waals surface area contributed by atoms with Crippen LogP contribution in [-0.2, 0) is 0 Å². The fraction of sp³-hybridized carbons (Fsp3) is 0.400. The maximum atomic E-state index is 11.9. The number of anilines is 1. The predicted molar refractivity (Wildman–Crippen MR) is 55.2 cm³/mol. The van der Waals surface area contributed by atoms with Gasteiger partial charge in [-0.3, -0.25) is 9.78 Å². The van der Waals surface area contributed by atoms with E-state index in [1.54, 1.807) is 11.0 Å². The molecule has 0 radical (unpaired) electrons. The van der Waals surface area contributed by atoms with Gasteiger partial charge in [-0.05, 0) is 12.5 Å². The van der Waals surface area contributed by atoms with E-state index in [9.17, 15) is 9.90 Å². The minimum atomic E-state index is -0.406. The molecule has 0 aromatic carbocycles. The highest BCUT2D eigenvalue weighted by Gasteiger charge is 2.26. The van der Waals surface area contributed by atoms with Gasteiger partial charge >= 0.3 is 0 Å². The molecule has 1 atom stereocenters. The van der Waals surface area contributed by atoms with E-state index in [0.29, 0.717) is 30.8 Å². The Morgan fingerprint density at radius 2 is 2.47 bits per heavy atom. The van der Waals surface area contributed by atoms with Gasteiger partial charge in [0, 0.05) is 19.3 Å². The van der Waals surface area contributed by atoms with Gasteiger partial charge in [0.2, 0.25) is 0 Å². The highest BCUT2D eigenvalue weighted by molar-refractivity contribution is 5.99. The number of aliphatic hydroxyl groups excluding tert-OH is 1. The van der Waals surface area contributed by atoms with E-state index in [1.807, 2.05) is 0 Å². The third kappa shape index (κ3) is 1.92. The number of carbonyl (C=O) groups is 1. The quantitative estimate of drug-likeness (QED) is 0.672. The number of pyridine rings is 1. The first-order valence-corrected chi connectivity index (χ1v) is 4.85. The Labute approximate surface area is 87.5 Å². The molecule has 5 heteroatoms. The van der Waals surface area contributed by atoms with Crippen molar-refractivity contribution in [2.75, 3.05) is 18.8 Å². The van der Waals surface area contributed by atoms with Crippen molar-refractivity contribution in [2.45, 2.75) is 12.5 Å². The molecule has 1 aromatic rings. The Balaban J connectivity index is 2.18. The second-order valence-electron chi connectivity index (χ2n) is 3.66. The molecule has 0 aliphatic carbocycles. The smallest absolute Gasteiger partial charge is 0.256 e. The van der Waals surface area contributed by atoms with Crippen molar-refractivity contribution in [3.8, 4) is 0 Å².